The third-order valence-electron chi connectivity index (χ3n) is 2.57. The summed E-state index contributed by atoms with van der Waals surface area (Å²) >= 11 is 1.84. The van der Waals surface area contributed by atoms with Crippen LogP contribution in [0, 0.1) is 0 Å². The van der Waals surface area contributed by atoms with E-state index in [0.717, 1.165) is 38.1 Å². The topological polar surface area (TPSA) is 46.3 Å². The summed E-state index contributed by atoms with van der Waals surface area (Å²) in [4.78, 5) is 13.5. The van der Waals surface area contributed by atoms with Crippen molar-refractivity contribution >= 4 is 30.1 Å². The minimum absolute atomic E-state index is 0. The van der Waals surface area contributed by atoms with Gasteiger partial charge in [0.1, 0.15) is 0 Å². The van der Waals surface area contributed by atoms with Crippen LogP contribution in [0.1, 0.15) is 25.7 Å². The van der Waals surface area contributed by atoms with Gasteiger partial charge in [-0.15, -0.1) is 12.4 Å². The Balaban J connectivity index is 0.00000196. The quantitative estimate of drug-likeness (QED) is 0.755. The average molecular weight is 253 g/mol. The molecule has 0 aromatic heterocycles. The molecule has 1 heterocycles. The van der Waals surface area contributed by atoms with Crippen LogP contribution < -0.4 is 5.73 Å². The van der Waals surface area contributed by atoms with Gasteiger partial charge in [-0.05, 0) is 31.3 Å². The molecule has 5 heteroatoms. The van der Waals surface area contributed by atoms with Crippen LogP contribution in [-0.2, 0) is 4.79 Å². The molecule has 15 heavy (non-hydrogen) atoms. The molecule has 1 saturated heterocycles. The molecule has 0 radical (unpaired) electrons. The van der Waals surface area contributed by atoms with Crippen LogP contribution in [0.2, 0.25) is 0 Å². The summed E-state index contributed by atoms with van der Waals surface area (Å²) in [5.41, 5.74) is 5.74. The van der Waals surface area contributed by atoms with Gasteiger partial charge in [-0.25, -0.2) is 0 Å². The normalized spacial score (nSPS) is 20.1. The Kier molecular flexibility index (Phi) is 8.29. The van der Waals surface area contributed by atoms with Crippen LogP contribution in [0.3, 0.4) is 0 Å². The number of amides is 1. The minimum Gasteiger partial charge on any atom is -0.341 e. The highest BCUT2D eigenvalue weighted by Gasteiger charge is 2.22. The molecule has 1 atom stereocenters. The zero-order valence-electron chi connectivity index (χ0n) is 9.28. The van der Waals surface area contributed by atoms with E-state index in [1.807, 2.05) is 16.7 Å². The SMILES string of the molecule is CSCCCCC(=O)N1CC[C@@H](N)C1.Cl. The molecule has 1 aliphatic heterocycles. The second kappa shape index (κ2) is 8.25. The Labute approximate surface area is 103 Å². The molecule has 0 aliphatic carbocycles. The lowest BCUT2D eigenvalue weighted by atomic mass is 10.2. The Hall–Kier alpha value is 0.0700. The van der Waals surface area contributed by atoms with Gasteiger partial charge in [0.2, 0.25) is 5.91 Å². The van der Waals surface area contributed by atoms with Gasteiger partial charge in [-0.1, -0.05) is 0 Å². The van der Waals surface area contributed by atoms with E-state index in [-0.39, 0.29) is 18.4 Å². The second-order valence-electron chi connectivity index (χ2n) is 3.84. The van der Waals surface area contributed by atoms with Gasteiger partial charge in [0.15, 0.2) is 0 Å². The molecule has 1 aliphatic rings. The van der Waals surface area contributed by atoms with E-state index in [1.165, 1.54) is 0 Å². The van der Waals surface area contributed by atoms with Gasteiger partial charge >= 0.3 is 0 Å². The molecule has 3 nitrogen and oxygen atoms in total. The molecular weight excluding hydrogens is 232 g/mol. The van der Waals surface area contributed by atoms with Crippen molar-refractivity contribution in [3.63, 3.8) is 0 Å². The number of carbonyl (C=O) groups is 1. The van der Waals surface area contributed by atoms with Gasteiger partial charge in [0.05, 0.1) is 0 Å². The second-order valence-corrected chi connectivity index (χ2v) is 4.82. The highest BCUT2D eigenvalue weighted by atomic mass is 35.5. The summed E-state index contributed by atoms with van der Waals surface area (Å²) in [7, 11) is 0. The monoisotopic (exact) mass is 252 g/mol. The zero-order chi connectivity index (χ0) is 10.4. The Morgan fingerprint density at radius 2 is 2.27 bits per heavy atom. The Bertz CT molecular complexity index is 192. The molecule has 0 unspecified atom stereocenters. The summed E-state index contributed by atoms with van der Waals surface area (Å²) in [6, 6.07) is 0.213. The summed E-state index contributed by atoms with van der Waals surface area (Å²) in [6.07, 6.45) is 5.93. The van der Waals surface area contributed by atoms with Gasteiger partial charge in [-0.2, -0.15) is 11.8 Å². The maximum absolute atomic E-state index is 11.6. The lowest BCUT2D eigenvalue weighted by Crippen LogP contribution is -2.31. The minimum atomic E-state index is 0. The molecule has 0 spiro atoms. The molecule has 0 aromatic rings. The third-order valence-corrected chi connectivity index (χ3v) is 3.26. The van der Waals surface area contributed by atoms with Crippen molar-refractivity contribution in [2.45, 2.75) is 31.7 Å². The van der Waals surface area contributed by atoms with Crippen LogP contribution in [-0.4, -0.2) is 41.9 Å². The number of unbranched alkanes of at least 4 members (excludes halogenated alkanes) is 1. The van der Waals surface area contributed by atoms with Gasteiger partial charge in [-0.3, -0.25) is 4.79 Å². The van der Waals surface area contributed by atoms with Gasteiger partial charge < -0.3 is 10.6 Å². The lowest BCUT2D eigenvalue weighted by Gasteiger charge is -2.15. The maximum Gasteiger partial charge on any atom is 0.222 e. The number of halogens is 1. The predicted molar refractivity (Wildman–Crippen MR) is 68.7 cm³/mol. The zero-order valence-corrected chi connectivity index (χ0v) is 10.9. The van der Waals surface area contributed by atoms with Crippen LogP contribution in [0.15, 0.2) is 0 Å². The van der Waals surface area contributed by atoms with Crippen molar-refractivity contribution in [2.75, 3.05) is 25.1 Å². The van der Waals surface area contributed by atoms with E-state index in [0.29, 0.717) is 12.3 Å². The van der Waals surface area contributed by atoms with Crippen LogP contribution in [0.5, 0.6) is 0 Å². The highest BCUT2D eigenvalue weighted by molar-refractivity contribution is 7.98. The molecule has 0 saturated carbocycles. The highest BCUT2D eigenvalue weighted by Crippen LogP contribution is 2.10. The van der Waals surface area contributed by atoms with Crippen molar-refractivity contribution in [2.24, 2.45) is 5.73 Å². The number of hydrogen-bond donors (Lipinski definition) is 1. The number of hydrogen-bond acceptors (Lipinski definition) is 3. The molecule has 90 valence electrons. The van der Waals surface area contributed by atoms with Crippen LogP contribution >= 0.6 is 24.2 Å². The molecule has 1 amide bonds. The number of rotatable bonds is 5. The number of carbonyl (C=O) groups excluding carboxylic acids is 1. The molecule has 0 aromatic carbocycles. The first-order valence-electron chi connectivity index (χ1n) is 5.26. The van der Waals surface area contributed by atoms with Crippen molar-refractivity contribution in [1.82, 2.24) is 4.90 Å². The summed E-state index contributed by atoms with van der Waals surface area (Å²) < 4.78 is 0. The van der Waals surface area contributed by atoms with E-state index in [9.17, 15) is 4.79 Å². The summed E-state index contributed by atoms with van der Waals surface area (Å²) in [6.45, 7) is 1.63. The van der Waals surface area contributed by atoms with Gasteiger partial charge in [0.25, 0.3) is 0 Å². The van der Waals surface area contributed by atoms with E-state index >= 15 is 0 Å². The van der Waals surface area contributed by atoms with Crippen molar-refractivity contribution < 1.29 is 4.79 Å². The molecular formula is C10H21ClN2OS. The molecule has 1 rings (SSSR count). The first-order valence-corrected chi connectivity index (χ1v) is 6.65. The number of nitrogens with two attached hydrogens (primary N) is 1. The van der Waals surface area contributed by atoms with E-state index < -0.39 is 0 Å². The maximum atomic E-state index is 11.6. The first-order chi connectivity index (χ1) is 6.74. The summed E-state index contributed by atoms with van der Waals surface area (Å²) in [5, 5.41) is 0. The number of thioether (sulfide) groups is 1. The third kappa shape index (κ3) is 5.64. The van der Waals surface area contributed by atoms with Gasteiger partial charge in [0, 0.05) is 25.6 Å². The first kappa shape index (κ1) is 15.1. The lowest BCUT2D eigenvalue weighted by molar-refractivity contribution is -0.130. The number of likely N-dealkylation sites (tertiary alicyclic amines) is 1. The van der Waals surface area contributed by atoms with Crippen LogP contribution in [0.25, 0.3) is 0 Å². The van der Waals surface area contributed by atoms with Crippen molar-refractivity contribution in [3.05, 3.63) is 0 Å². The fourth-order valence-electron chi connectivity index (χ4n) is 1.69. The van der Waals surface area contributed by atoms with E-state index in [2.05, 4.69) is 6.26 Å². The smallest absolute Gasteiger partial charge is 0.222 e. The summed E-state index contributed by atoms with van der Waals surface area (Å²) in [5.74, 6) is 1.45. The predicted octanol–water partition coefficient (Wildman–Crippen LogP) is 1.50. The van der Waals surface area contributed by atoms with E-state index in [1.54, 1.807) is 0 Å². The largest absolute Gasteiger partial charge is 0.341 e. The Morgan fingerprint density at radius 3 is 2.80 bits per heavy atom. The fourth-order valence-corrected chi connectivity index (χ4v) is 2.19. The molecule has 0 bridgehead atoms. The van der Waals surface area contributed by atoms with Crippen LogP contribution in [0.4, 0.5) is 0 Å². The van der Waals surface area contributed by atoms with E-state index in [4.69, 9.17) is 5.73 Å². The molecule has 1 fully saturated rings. The standard InChI is InChI=1S/C10H20N2OS.ClH/c1-14-7-3-2-4-10(13)12-6-5-9(11)8-12;/h9H,2-8,11H2,1H3;1H/t9-;/m1./s1. The Morgan fingerprint density at radius 1 is 1.53 bits per heavy atom. The van der Waals surface area contributed by atoms with Crippen molar-refractivity contribution in [3.8, 4) is 0 Å². The van der Waals surface area contributed by atoms with Crippen molar-refractivity contribution in [1.29, 1.82) is 0 Å². The average Bonchev–Trinajstić information content (AvgIpc) is 2.59. The molecule has 2 N–H and O–H groups in total. The fraction of sp³-hybridized carbons (Fsp3) is 0.900. The number of nitrogens with zero attached hydrogens (tertiary/aromatic N) is 1.